The Morgan fingerprint density at radius 2 is 2.12 bits per heavy atom. The number of aryl methyl sites for hydroxylation is 1. The van der Waals surface area contributed by atoms with Crippen molar-refractivity contribution in [2.24, 2.45) is 0 Å². The van der Waals surface area contributed by atoms with E-state index in [1.165, 1.54) is 12.0 Å². The van der Waals surface area contributed by atoms with Crippen molar-refractivity contribution in [3.8, 4) is 0 Å². The van der Waals surface area contributed by atoms with Crippen LogP contribution in [0.3, 0.4) is 0 Å². The number of alkyl halides is 1. The Hall–Kier alpha value is -0.830. The van der Waals surface area contributed by atoms with Crippen LogP contribution in [0.25, 0.3) is 0 Å². The lowest BCUT2D eigenvalue weighted by Crippen LogP contribution is -2.40. The van der Waals surface area contributed by atoms with Gasteiger partial charge < -0.3 is 4.90 Å². The minimum Gasteiger partial charge on any atom is -0.338 e. The van der Waals surface area contributed by atoms with Gasteiger partial charge >= 0.3 is 0 Å². The molecule has 0 bridgehead atoms. The molecule has 1 amide bonds. The van der Waals surface area contributed by atoms with Crippen molar-refractivity contribution in [2.45, 2.75) is 31.0 Å². The van der Waals surface area contributed by atoms with Gasteiger partial charge in [-0.1, -0.05) is 35.0 Å². The first-order valence-electron chi connectivity index (χ1n) is 6.23. The molecule has 0 aliphatic carbocycles. The van der Waals surface area contributed by atoms with Crippen LogP contribution in [-0.4, -0.2) is 28.7 Å². The lowest BCUT2D eigenvalue weighted by Gasteiger charge is -2.30. The van der Waals surface area contributed by atoms with E-state index in [4.69, 9.17) is 0 Å². The number of rotatable bonds is 2. The van der Waals surface area contributed by atoms with Crippen molar-refractivity contribution in [1.82, 2.24) is 4.90 Å². The number of piperidine rings is 1. The number of hydrogen-bond donors (Lipinski definition) is 0. The number of hydrogen-bond acceptors (Lipinski definition) is 1. The average Bonchev–Trinajstić information content (AvgIpc) is 2.38. The Morgan fingerprint density at radius 3 is 2.71 bits per heavy atom. The van der Waals surface area contributed by atoms with Gasteiger partial charge in [0.15, 0.2) is 0 Å². The highest BCUT2D eigenvalue weighted by Crippen LogP contribution is 2.19. The van der Waals surface area contributed by atoms with E-state index >= 15 is 0 Å². The summed E-state index contributed by atoms with van der Waals surface area (Å²) in [4.78, 5) is 14.7. The summed E-state index contributed by atoms with van der Waals surface area (Å²) in [7, 11) is 0. The Balaban J connectivity index is 2.07. The van der Waals surface area contributed by atoms with Crippen molar-refractivity contribution in [3.63, 3.8) is 0 Å². The Kier molecular flexibility index (Phi) is 4.21. The second kappa shape index (κ2) is 5.67. The lowest BCUT2D eigenvalue weighted by atomic mass is 10.1. The van der Waals surface area contributed by atoms with Gasteiger partial charge in [0.25, 0.3) is 5.91 Å². The molecule has 92 valence electrons. The molecule has 0 spiro atoms. The van der Waals surface area contributed by atoms with Crippen molar-refractivity contribution in [1.29, 1.82) is 0 Å². The van der Waals surface area contributed by atoms with Crippen molar-refractivity contribution < 1.29 is 4.79 Å². The third kappa shape index (κ3) is 3.09. The zero-order valence-corrected chi connectivity index (χ0v) is 11.7. The summed E-state index contributed by atoms with van der Waals surface area (Å²) in [5.41, 5.74) is 2.09. The summed E-state index contributed by atoms with van der Waals surface area (Å²) < 4.78 is 0. The number of likely N-dealkylation sites (tertiary alicyclic amines) is 1. The van der Waals surface area contributed by atoms with Crippen LogP contribution in [0.15, 0.2) is 24.3 Å². The first kappa shape index (κ1) is 12.6. The van der Waals surface area contributed by atoms with Crippen LogP contribution in [-0.2, 0) is 6.42 Å². The van der Waals surface area contributed by atoms with Crippen LogP contribution in [0, 0.1) is 0 Å². The number of amides is 1. The van der Waals surface area contributed by atoms with Crippen molar-refractivity contribution in [3.05, 3.63) is 35.4 Å². The monoisotopic (exact) mass is 295 g/mol. The molecule has 0 aromatic heterocycles. The normalized spacial score (nSPS) is 20.4. The van der Waals surface area contributed by atoms with Gasteiger partial charge in [0.2, 0.25) is 0 Å². The fraction of sp³-hybridized carbons (Fsp3) is 0.500. The van der Waals surface area contributed by atoms with Crippen LogP contribution in [0.5, 0.6) is 0 Å². The zero-order valence-electron chi connectivity index (χ0n) is 10.2. The molecule has 1 aromatic carbocycles. The predicted octanol–water partition coefficient (Wildman–Crippen LogP) is 3.25. The minimum atomic E-state index is 0.164. The molecule has 1 atom stereocenters. The van der Waals surface area contributed by atoms with E-state index in [9.17, 15) is 4.79 Å². The van der Waals surface area contributed by atoms with Gasteiger partial charge in [-0.15, -0.1) is 0 Å². The molecule has 1 saturated heterocycles. The topological polar surface area (TPSA) is 20.3 Å². The van der Waals surface area contributed by atoms with E-state index < -0.39 is 0 Å². The maximum Gasteiger partial charge on any atom is 0.253 e. The van der Waals surface area contributed by atoms with Crippen LogP contribution in [0.2, 0.25) is 0 Å². The van der Waals surface area contributed by atoms with Crippen LogP contribution in [0.4, 0.5) is 0 Å². The Bertz CT molecular complexity index is 388. The van der Waals surface area contributed by atoms with Crippen LogP contribution < -0.4 is 0 Å². The van der Waals surface area contributed by atoms with E-state index in [0.29, 0.717) is 4.83 Å². The number of carbonyl (C=O) groups excluding carboxylic acids is 1. The number of nitrogens with zero attached hydrogens (tertiary/aromatic N) is 1. The third-order valence-corrected chi connectivity index (χ3v) is 4.01. The molecule has 0 N–H and O–H groups in total. The Morgan fingerprint density at radius 1 is 1.41 bits per heavy atom. The summed E-state index contributed by atoms with van der Waals surface area (Å²) in [5, 5.41) is 0. The fourth-order valence-electron chi connectivity index (χ4n) is 2.18. The maximum atomic E-state index is 12.2. The second-order valence-corrected chi connectivity index (χ2v) is 5.84. The van der Waals surface area contributed by atoms with E-state index in [1.807, 2.05) is 29.2 Å². The number of carbonyl (C=O) groups is 1. The molecule has 0 saturated carbocycles. The fourth-order valence-corrected chi connectivity index (χ4v) is 2.85. The molecule has 1 unspecified atom stereocenters. The molecule has 2 rings (SSSR count). The maximum absolute atomic E-state index is 12.2. The first-order valence-corrected chi connectivity index (χ1v) is 7.14. The van der Waals surface area contributed by atoms with Crippen molar-refractivity contribution >= 4 is 21.8 Å². The molecule has 3 heteroatoms. The lowest BCUT2D eigenvalue weighted by molar-refractivity contribution is 0.0730. The highest BCUT2D eigenvalue weighted by molar-refractivity contribution is 9.09. The summed E-state index contributed by atoms with van der Waals surface area (Å²) in [5.74, 6) is 0.164. The van der Waals surface area contributed by atoms with Gasteiger partial charge in [-0.2, -0.15) is 0 Å². The highest BCUT2D eigenvalue weighted by atomic mass is 79.9. The van der Waals surface area contributed by atoms with Gasteiger partial charge in [-0.25, -0.2) is 0 Å². The summed E-state index contributed by atoms with van der Waals surface area (Å²) in [6.45, 7) is 3.84. The second-order valence-electron chi connectivity index (χ2n) is 4.54. The zero-order chi connectivity index (χ0) is 12.3. The smallest absolute Gasteiger partial charge is 0.253 e. The summed E-state index contributed by atoms with van der Waals surface area (Å²) >= 11 is 3.60. The van der Waals surface area contributed by atoms with Gasteiger partial charge in [-0.3, -0.25) is 4.79 Å². The molecular formula is C14H18BrNO. The van der Waals surface area contributed by atoms with Gasteiger partial charge in [-0.05, 0) is 37.0 Å². The van der Waals surface area contributed by atoms with Gasteiger partial charge in [0.1, 0.15) is 0 Å². The van der Waals surface area contributed by atoms with Crippen LogP contribution in [0.1, 0.15) is 35.7 Å². The first-order chi connectivity index (χ1) is 8.20. The average molecular weight is 296 g/mol. The van der Waals surface area contributed by atoms with E-state index in [1.54, 1.807) is 0 Å². The van der Waals surface area contributed by atoms with Crippen LogP contribution >= 0.6 is 15.9 Å². The quantitative estimate of drug-likeness (QED) is 0.767. The number of halogens is 1. The standard InChI is InChI=1S/C14H18BrNO/c1-2-11-5-7-12(8-6-11)14(17)16-9-3-4-13(15)10-16/h5-8,13H,2-4,9-10H2,1H3. The van der Waals surface area contributed by atoms with E-state index in [2.05, 4.69) is 22.9 Å². The largest absolute Gasteiger partial charge is 0.338 e. The van der Waals surface area contributed by atoms with Crippen molar-refractivity contribution in [2.75, 3.05) is 13.1 Å². The number of benzene rings is 1. The molecule has 1 aliphatic rings. The molecule has 17 heavy (non-hydrogen) atoms. The molecule has 1 aromatic rings. The predicted molar refractivity (Wildman–Crippen MR) is 73.7 cm³/mol. The SMILES string of the molecule is CCc1ccc(C(=O)N2CCCC(Br)C2)cc1. The molecule has 0 radical (unpaired) electrons. The molecule has 2 nitrogen and oxygen atoms in total. The minimum absolute atomic E-state index is 0.164. The van der Waals surface area contributed by atoms with E-state index in [0.717, 1.165) is 31.5 Å². The third-order valence-electron chi connectivity index (χ3n) is 3.26. The molecular weight excluding hydrogens is 278 g/mol. The van der Waals surface area contributed by atoms with Gasteiger partial charge in [0, 0.05) is 23.5 Å². The highest BCUT2D eigenvalue weighted by Gasteiger charge is 2.22. The van der Waals surface area contributed by atoms with Gasteiger partial charge in [0.05, 0.1) is 0 Å². The molecule has 1 aliphatic heterocycles. The molecule has 1 heterocycles. The molecule has 1 fully saturated rings. The Labute approximate surface area is 111 Å². The summed E-state index contributed by atoms with van der Waals surface area (Å²) in [6, 6.07) is 7.98. The van der Waals surface area contributed by atoms with E-state index in [-0.39, 0.29) is 5.91 Å². The summed E-state index contributed by atoms with van der Waals surface area (Å²) in [6.07, 6.45) is 3.27.